The van der Waals surface area contributed by atoms with Crippen molar-refractivity contribution in [1.82, 2.24) is 4.90 Å². The highest BCUT2D eigenvalue weighted by Gasteiger charge is 2.52. The zero-order valence-electron chi connectivity index (χ0n) is 22.6. The van der Waals surface area contributed by atoms with Crippen LogP contribution in [-0.2, 0) is 27.3 Å². The van der Waals surface area contributed by atoms with Crippen molar-refractivity contribution in [2.45, 2.75) is 57.5 Å². The number of hydrogen-bond donors (Lipinski definition) is 1. The molecule has 2 heterocycles. The molecule has 1 N–H and O–H groups in total. The second-order valence-corrected chi connectivity index (χ2v) is 12.0. The molecule has 2 aliphatic rings. The number of benzene rings is 3. The van der Waals surface area contributed by atoms with Crippen molar-refractivity contribution in [3.63, 3.8) is 0 Å². The maximum Gasteiger partial charge on any atom is 0.305 e. The molecular weight excluding hydrogens is 549 g/mol. The number of halogens is 2. The van der Waals surface area contributed by atoms with Crippen LogP contribution in [0, 0.1) is 11.8 Å². The van der Waals surface area contributed by atoms with Gasteiger partial charge in [0.2, 0.25) is 5.91 Å². The molecule has 0 unspecified atom stereocenters. The Morgan fingerprint density at radius 3 is 2.45 bits per heavy atom. The number of amides is 1. The van der Waals surface area contributed by atoms with Crippen molar-refractivity contribution in [1.29, 1.82) is 0 Å². The van der Waals surface area contributed by atoms with Gasteiger partial charge in [0.25, 0.3) is 0 Å². The van der Waals surface area contributed by atoms with Crippen LogP contribution in [0.1, 0.15) is 49.5 Å². The summed E-state index contributed by atoms with van der Waals surface area (Å²) >= 11 is 12.4. The molecule has 0 aliphatic carbocycles. The van der Waals surface area contributed by atoms with Crippen LogP contribution < -0.4 is 4.74 Å². The first-order valence-electron chi connectivity index (χ1n) is 13.5. The molecule has 2 aliphatic heterocycles. The van der Waals surface area contributed by atoms with E-state index in [1.165, 1.54) is 0 Å². The summed E-state index contributed by atoms with van der Waals surface area (Å²) in [5, 5.41) is 10.7. The monoisotopic (exact) mass is 581 g/mol. The fourth-order valence-corrected chi connectivity index (χ4v) is 6.26. The lowest BCUT2D eigenvalue weighted by molar-refractivity contribution is -0.184. The zero-order valence-corrected chi connectivity index (χ0v) is 24.1. The molecule has 1 fully saturated rings. The number of nitrogens with zero attached hydrogens (tertiary/aromatic N) is 1. The number of aliphatic carboxylic acids is 1. The SMILES string of the molecule is CC1(C)Oc2ccccc2[C@@H]2O[C@H](Cc3cccc(Cl)c3)[C@H](C(=O)N(CCC(=O)O)Cc3ccc(Cl)cc3)C[C@H]21. The number of carboxylic acids is 1. The first-order valence-corrected chi connectivity index (χ1v) is 14.3. The second-order valence-electron chi connectivity index (χ2n) is 11.2. The number of carbonyl (C=O) groups excluding carboxylic acids is 1. The van der Waals surface area contributed by atoms with Gasteiger partial charge in [-0.25, -0.2) is 0 Å². The lowest BCUT2D eigenvalue weighted by Crippen LogP contribution is -2.54. The minimum Gasteiger partial charge on any atom is -0.487 e. The number of hydrogen-bond acceptors (Lipinski definition) is 4. The van der Waals surface area contributed by atoms with E-state index in [-0.39, 0.29) is 37.4 Å². The topological polar surface area (TPSA) is 76.1 Å². The Morgan fingerprint density at radius 2 is 1.73 bits per heavy atom. The Balaban J connectivity index is 1.50. The average Bonchev–Trinajstić information content (AvgIpc) is 2.91. The number of ether oxygens (including phenoxy) is 2. The summed E-state index contributed by atoms with van der Waals surface area (Å²) in [7, 11) is 0. The molecule has 5 rings (SSSR count). The van der Waals surface area contributed by atoms with E-state index < -0.39 is 23.6 Å². The van der Waals surface area contributed by atoms with Gasteiger partial charge in [-0.2, -0.15) is 0 Å². The van der Waals surface area contributed by atoms with Crippen molar-refractivity contribution < 1.29 is 24.2 Å². The number of fused-ring (bicyclic) bond motifs is 3. The maximum atomic E-state index is 14.3. The van der Waals surface area contributed by atoms with E-state index >= 15 is 0 Å². The third-order valence-corrected chi connectivity index (χ3v) is 8.46. The van der Waals surface area contributed by atoms with Gasteiger partial charge in [0.1, 0.15) is 11.4 Å². The number of rotatable bonds is 8. The number of carbonyl (C=O) groups is 2. The summed E-state index contributed by atoms with van der Waals surface area (Å²) in [5.41, 5.74) is 2.26. The summed E-state index contributed by atoms with van der Waals surface area (Å²) in [5.74, 6) is -0.872. The van der Waals surface area contributed by atoms with Crippen molar-refractivity contribution in [3.8, 4) is 5.75 Å². The van der Waals surface area contributed by atoms with Gasteiger partial charge in [-0.1, -0.05) is 65.7 Å². The van der Waals surface area contributed by atoms with E-state index in [0.29, 0.717) is 22.9 Å². The lowest BCUT2D eigenvalue weighted by atomic mass is 9.71. The van der Waals surface area contributed by atoms with Crippen LogP contribution in [0.3, 0.4) is 0 Å². The third kappa shape index (κ3) is 6.30. The molecule has 8 heteroatoms. The summed E-state index contributed by atoms with van der Waals surface area (Å²) in [6.45, 7) is 4.45. The third-order valence-electron chi connectivity index (χ3n) is 7.97. The standard InChI is InChI=1S/C32H33Cl2NO5/c1-32(2)26-18-25(31(38)35(15-14-29(36)37)19-20-10-12-22(33)13-11-20)28(17-21-6-5-7-23(34)16-21)39-30(26)24-8-3-4-9-27(24)40-32/h3-13,16,25-26,28,30H,14-15,17-19H2,1-2H3,(H,36,37)/t25-,26-,28-,30+/m1/s1. The van der Waals surface area contributed by atoms with Crippen LogP contribution in [0.2, 0.25) is 10.0 Å². The Hall–Kier alpha value is -3.06. The van der Waals surface area contributed by atoms with Gasteiger partial charge >= 0.3 is 5.97 Å². The van der Waals surface area contributed by atoms with Gasteiger partial charge in [-0.15, -0.1) is 0 Å². The van der Waals surface area contributed by atoms with Crippen molar-refractivity contribution >= 4 is 35.1 Å². The molecule has 1 amide bonds. The summed E-state index contributed by atoms with van der Waals surface area (Å²) in [4.78, 5) is 27.5. The fourth-order valence-electron chi connectivity index (χ4n) is 5.92. The normalized spacial score (nSPS) is 22.9. The Morgan fingerprint density at radius 1 is 0.975 bits per heavy atom. The van der Waals surface area contributed by atoms with Gasteiger partial charge in [0.05, 0.1) is 24.5 Å². The quantitative estimate of drug-likeness (QED) is 0.311. The highest BCUT2D eigenvalue weighted by Crippen LogP contribution is 2.52. The first-order chi connectivity index (χ1) is 19.1. The fraction of sp³-hybridized carbons (Fsp3) is 0.375. The van der Waals surface area contributed by atoms with Crippen molar-refractivity contribution in [3.05, 3.63) is 99.5 Å². The molecule has 3 aromatic rings. The summed E-state index contributed by atoms with van der Waals surface area (Å²) < 4.78 is 13.3. The molecule has 210 valence electrons. The van der Waals surface area contributed by atoms with Crippen LogP contribution in [0.5, 0.6) is 5.75 Å². The Bertz CT molecular complexity index is 1380. The van der Waals surface area contributed by atoms with Gasteiger partial charge in [-0.3, -0.25) is 9.59 Å². The molecule has 3 aromatic carbocycles. The van der Waals surface area contributed by atoms with Gasteiger partial charge in [-0.05, 0) is 68.1 Å². The lowest BCUT2D eigenvalue weighted by Gasteiger charge is -2.51. The molecule has 0 bridgehead atoms. The Kier molecular flexibility index (Phi) is 8.41. The van der Waals surface area contributed by atoms with Gasteiger partial charge in [0.15, 0.2) is 0 Å². The molecule has 40 heavy (non-hydrogen) atoms. The van der Waals surface area contributed by atoms with E-state index in [0.717, 1.165) is 22.4 Å². The average molecular weight is 583 g/mol. The summed E-state index contributed by atoms with van der Waals surface area (Å²) in [6, 6.07) is 22.8. The highest BCUT2D eigenvalue weighted by atomic mass is 35.5. The van der Waals surface area contributed by atoms with E-state index in [1.807, 2.05) is 74.5 Å². The maximum absolute atomic E-state index is 14.3. The van der Waals surface area contributed by atoms with E-state index in [4.69, 9.17) is 32.7 Å². The molecule has 0 aromatic heterocycles. The summed E-state index contributed by atoms with van der Waals surface area (Å²) in [6.07, 6.45) is 0.209. The second kappa shape index (κ2) is 11.8. The predicted octanol–water partition coefficient (Wildman–Crippen LogP) is 6.97. The van der Waals surface area contributed by atoms with Crippen molar-refractivity contribution in [2.75, 3.05) is 6.54 Å². The van der Waals surface area contributed by atoms with E-state index in [1.54, 1.807) is 17.0 Å². The first kappa shape index (κ1) is 28.5. The van der Waals surface area contributed by atoms with Crippen LogP contribution in [0.4, 0.5) is 0 Å². The molecule has 0 saturated carbocycles. The van der Waals surface area contributed by atoms with Crippen LogP contribution in [0.15, 0.2) is 72.8 Å². The Labute approximate surface area is 244 Å². The minimum atomic E-state index is -0.956. The molecule has 6 nitrogen and oxygen atoms in total. The molecule has 4 atom stereocenters. The van der Waals surface area contributed by atoms with Gasteiger partial charge in [0, 0.05) is 34.6 Å². The largest absolute Gasteiger partial charge is 0.487 e. The minimum absolute atomic E-state index is 0.0798. The van der Waals surface area contributed by atoms with Crippen LogP contribution in [0.25, 0.3) is 0 Å². The van der Waals surface area contributed by atoms with E-state index in [2.05, 4.69) is 0 Å². The molecule has 1 saturated heterocycles. The smallest absolute Gasteiger partial charge is 0.305 e. The zero-order chi connectivity index (χ0) is 28.4. The van der Waals surface area contributed by atoms with Crippen molar-refractivity contribution in [2.24, 2.45) is 11.8 Å². The molecule has 0 spiro atoms. The molecule has 0 radical (unpaired) electrons. The highest BCUT2D eigenvalue weighted by molar-refractivity contribution is 6.30. The van der Waals surface area contributed by atoms with Crippen LogP contribution >= 0.6 is 23.2 Å². The predicted molar refractivity (Wildman–Crippen MR) is 155 cm³/mol. The number of para-hydroxylation sites is 1. The van der Waals surface area contributed by atoms with E-state index in [9.17, 15) is 14.7 Å². The van der Waals surface area contributed by atoms with Gasteiger partial charge < -0.3 is 19.5 Å². The molecular formula is C32H33Cl2NO5. The van der Waals surface area contributed by atoms with Crippen LogP contribution in [-0.4, -0.2) is 40.1 Å². The number of carboxylic acid groups (broad SMARTS) is 1.